The molecule has 0 bridgehead atoms. The van der Waals surface area contributed by atoms with Crippen molar-refractivity contribution in [2.24, 2.45) is 5.92 Å². The Balaban J connectivity index is 2.52. The lowest BCUT2D eigenvalue weighted by molar-refractivity contribution is -0.146. The Morgan fingerprint density at radius 3 is 2.68 bits per heavy atom. The normalized spacial score (nSPS) is 13.0. The molecule has 2 atom stereocenters. The molecule has 1 aromatic carbocycles. The minimum Gasteiger partial charge on any atom is -0.496 e. The van der Waals surface area contributed by atoms with Crippen molar-refractivity contribution in [3.8, 4) is 11.8 Å². The summed E-state index contributed by atoms with van der Waals surface area (Å²) >= 11 is 0. The summed E-state index contributed by atoms with van der Waals surface area (Å²) in [7, 11) is 1.55. The minimum absolute atomic E-state index is 0.216. The Hall–Kier alpha value is -2.74. The summed E-state index contributed by atoms with van der Waals surface area (Å²) in [6.07, 6.45) is 1.51. The van der Waals surface area contributed by atoms with E-state index in [0.29, 0.717) is 17.1 Å². The number of ether oxygens (including phenoxy) is 2. The zero-order valence-electron chi connectivity index (χ0n) is 12.5. The summed E-state index contributed by atoms with van der Waals surface area (Å²) in [6.45, 7) is 1.92. The summed E-state index contributed by atoms with van der Waals surface area (Å²) in [5, 5.41) is 9.48. The number of carbonyl (C=O) groups excluding carboxylic acids is 1. The third kappa shape index (κ3) is 3.12. The van der Waals surface area contributed by atoms with Gasteiger partial charge in [-0.15, -0.1) is 0 Å². The van der Waals surface area contributed by atoms with E-state index >= 15 is 0 Å². The predicted molar refractivity (Wildman–Crippen MR) is 79.3 cm³/mol. The van der Waals surface area contributed by atoms with E-state index in [1.807, 2.05) is 24.3 Å². The number of furan rings is 1. The highest BCUT2D eigenvalue weighted by Crippen LogP contribution is 2.37. The van der Waals surface area contributed by atoms with Crippen molar-refractivity contribution in [3.05, 3.63) is 54.0 Å². The smallest absolute Gasteiger partial charge is 0.324 e. The van der Waals surface area contributed by atoms with E-state index in [0.717, 1.165) is 0 Å². The van der Waals surface area contributed by atoms with Gasteiger partial charge in [-0.05, 0) is 25.1 Å². The Labute approximate surface area is 129 Å². The second kappa shape index (κ2) is 7.32. The molecule has 0 saturated carbocycles. The second-order valence-electron chi connectivity index (χ2n) is 4.59. The zero-order chi connectivity index (χ0) is 15.9. The second-order valence-corrected chi connectivity index (χ2v) is 4.59. The van der Waals surface area contributed by atoms with Gasteiger partial charge in [-0.25, -0.2) is 0 Å². The van der Waals surface area contributed by atoms with Gasteiger partial charge >= 0.3 is 5.97 Å². The fourth-order valence-corrected chi connectivity index (χ4v) is 2.38. The first-order valence-corrected chi connectivity index (χ1v) is 6.95. The molecule has 5 nitrogen and oxygen atoms in total. The molecule has 0 unspecified atom stereocenters. The van der Waals surface area contributed by atoms with E-state index in [9.17, 15) is 10.1 Å². The first-order chi connectivity index (χ1) is 10.7. The van der Waals surface area contributed by atoms with Gasteiger partial charge < -0.3 is 13.9 Å². The highest BCUT2D eigenvalue weighted by atomic mass is 16.5. The number of para-hydroxylation sites is 1. The largest absolute Gasteiger partial charge is 0.496 e. The third-order valence-corrected chi connectivity index (χ3v) is 3.34. The lowest BCUT2D eigenvalue weighted by Gasteiger charge is -2.21. The number of nitrogens with zero attached hydrogens (tertiary/aromatic N) is 1. The SMILES string of the molecule is CCOC(=O)[C@@H](C#N)[C@@H](c1ccco1)c1ccccc1OC. The molecule has 0 amide bonds. The maximum Gasteiger partial charge on any atom is 0.324 e. The predicted octanol–water partition coefficient (Wildman–Crippen LogP) is 3.12. The fraction of sp³-hybridized carbons (Fsp3) is 0.294. The van der Waals surface area contributed by atoms with Gasteiger partial charge in [0.1, 0.15) is 11.5 Å². The van der Waals surface area contributed by atoms with Crippen LogP contribution in [-0.2, 0) is 9.53 Å². The molecule has 0 aliphatic rings. The van der Waals surface area contributed by atoms with E-state index in [1.165, 1.54) is 6.26 Å². The molecule has 22 heavy (non-hydrogen) atoms. The molecule has 0 radical (unpaired) electrons. The molecule has 0 spiro atoms. The summed E-state index contributed by atoms with van der Waals surface area (Å²) in [4.78, 5) is 12.2. The van der Waals surface area contributed by atoms with E-state index < -0.39 is 17.8 Å². The van der Waals surface area contributed by atoms with Crippen LogP contribution in [0.15, 0.2) is 47.1 Å². The highest BCUT2D eigenvalue weighted by molar-refractivity contribution is 5.77. The van der Waals surface area contributed by atoms with E-state index in [2.05, 4.69) is 0 Å². The molecule has 0 saturated heterocycles. The van der Waals surface area contributed by atoms with E-state index in [1.54, 1.807) is 32.2 Å². The molecule has 0 aliphatic carbocycles. The summed E-state index contributed by atoms with van der Waals surface area (Å²) < 4.78 is 15.8. The number of benzene rings is 1. The van der Waals surface area contributed by atoms with Crippen LogP contribution in [-0.4, -0.2) is 19.7 Å². The number of hydrogen-bond donors (Lipinski definition) is 0. The summed E-state index contributed by atoms with van der Waals surface area (Å²) in [6, 6.07) is 12.7. The maximum absolute atomic E-state index is 12.2. The number of hydrogen-bond acceptors (Lipinski definition) is 5. The van der Waals surface area contributed by atoms with E-state index in [4.69, 9.17) is 13.9 Å². The minimum atomic E-state index is -1.01. The number of rotatable bonds is 6. The average Bonchev–Trinajstić information content (AvgIpc) is 3.06. The van der Waals surface area contributed by atoms with Crippen molar-refractivity contribution >= 4 is 5.97 Å². The Morgan fingerprint density at radius 2 is 2.09 bits per heavy atom. The monoisotopic (exact) mass is 299 g/mol. The molecule has 5 heteroatoms. The van der Waals surface area contributed by atoms with Gasteiger partial charge in [-0.1, -0.05) is 18.2 Å². The molecule has 0 N–H and O–H groups in total. The topological polar surface area (TPSA) is 72.5 Å². The number of esters is 1. The van der Waals surface area contributed by atoms with Crippen LogP contribution in [0.4, 0.5) is 0 Å². The first-order valence-electron chi connectivity index (χ1n) is 6.95. The fourth-order valence-electron chi connectivity index (χ4n) is 2.38. The molecular weight excluding hydrogens is 282 g/mol. The zero-order valence-corrected chi connectivity index (χ0v) is 12.5. The van der Waals surface area contributed by atoms with Crippen LogP contribution in [0.25, 0.3) is 0 Å². The molecule has 114 valence electrons. The van der Waals surface area contributed by atoms with Crippen LogP contribution in [0.3, 0.4) is 0 Å². The van der Waals surface area contributed by atoms with Gasteiger partial charge in [-0.2, -0.15) is 5.26 Å². The van der Waals surface area contributed by atoms with E-state index in [-0.39, 0.29) is 6.61 Å². The van der Waals surface area contributed by atoms with Gasteiger partial charge in [0.25, 0.3) is 0 Å². The molecule has 0 aliphatic heterocycles. The average molecular weight is 299 g/mol. The summed E-state index contributed by atoms with van der Waals surface area (Å²) in [5.41, 5.74) is 0.708. The Morgan fingerprint density at radius 1 is 1.32 bits per heavy atom. The number of nitriles is 1. The molecule has 2 rings (SSSR count). The number of carbonyl (C=O) groups is 1. The summed E-state index contributed by atoms with van der Waals surface area (Å²) in [5.74, 6) is -1.06. The standard InChI is InChI=1S/C17H17NO4/c1-3-21-17(19)13(11-18)16(15-9-6-10-22-15)12-7-4-5-8-14(12)20-2/h4-10,13,16H,3H2,1-2H3/t13-,16-/m0/s1. The molecular formula is C17H17NO4. The molecule has 0 fully saturated rings. The molecule has 1 aromatic heterocycles. The lowest BCUT2D eigenvalue weighted by atomic mass is 9.84. The van der Waals surface area contributed by atoms with Crippen molar-refractivity contribution in [3.63, 3.8) is 0 Å². The van der Waals surface area contributed by atoms with Crippen molar-refractivity contribution in [2.75, 3.05) is 13.7 Å². The van der Waals surface area contributed by atoms with Crippen LogP contribution < -0.4 is 4.74 Å². The van der Waals surface area contributed by atoms with Crippen LogP contribution in [0.5, 0.6) is 5.75 Å². The maximum atomic E-state index is 12.2. The Bertz CT molecular complexity index is 658. The van der Waals surface area contributed by atoms with Crippen molar-refractivity contribution < 1.29 is 18.7 Å². The van der Waals surface area contributed by atoms with Crippen molar-refractivity contribution in [1.82, 2.24) is 0 Å². The van der Waals surface area contributed by atoms with Crippen LogP contribution >= 0.6 is 0 Å². The Kier molecular flexibility index (Phi) is 5.21. The van der Waals surface area contributed by atoms with Crippen LogP contribution in [0, 0.1) is 17.2 Å². The molecule has 2 aromatic rings. The van der Waals surface area contributed by atoms with Gasteiger partial charge in [-0.3, -0.25) is 4.79 Å². The van der Waals surface area contributed by atoms with Crippen LogP contribution in [0.1, 0.15) is 24.2 Å². The van der Waals surface area contributed by atoms with Gasteiger partial charge in [0, 0.05) is 5.56 Å². The third-order valence-electron chi connectivity index (χ3n) is 3.34. The van der Waals surface area contributed by atoms with Crippen LogP contribution in [0.2, 0.25) is 0 Å². The van der Waals surface area contributed by atoms with Gasteiger partial charge in [0.05, 0.1) is 32.0 Å². The van der Waals surface area contributed by atoms with Gasteiger partial charge in [0.2, 0.25) is 0 Å². The number of methoxy groups -OCH3 is 1. The van der Waals surface area contributed by atoms with Crippen molar-refractivity contribution in [2.45, 2.75) is 12.8 Å². The quantitative estimate of drug-likeness (QED) is 0.766. The van der Waals surface area contributed by atoms with Gasteiger partial charge in [0.15, 0.2) is 5.92 Å². The highest BCUT2D eigenvalue weighted by Gasteiger charge is 2.35. The first kappa shape index (κ1) is 15.6. The lowest BCUT2D eigenvalue weighted by Crippen LogP contribution is -2.24. The van der Waals surface area contributed by atoms with Crippen molar-refractivity contribution in [1.29, 1.82) is 5.26 Å². The molecule has 1 heterocycles.